The van der Waals surface area contributed by atoms with Gasteiger partial charge in [0.2, 0.25) is 5.88 Å². The lowest BCUT2D eigenvalue weighted by molar-refractivity contribution is 0.457. The third kappa shape index (κ3) is 3.02. The normalized spacial score (nSPS) is 10.4. The summed E-state index contributed by atoms with van der Waals surface area (Å²) in [6, 6.07) is 3.81. The first-order valence-electron chi connectivity index (χ1n) is 6.53. The number of halogens is 1. The molecule has 0 radical (unpaired) electrons. The third-order valence-electron chi connectivity index (χ3n) is 3.01. The fourth-order valence-corrected chi connectivity index (χ4v) is 2.07. The van der Waals surface area contributed by atoms with Crippen LogP contribution >= 0.6 is 11.6 Å². The average molecular weight is 292 g/mol. The van der Waals surface area contributed by atoms with Crippen LogP contribution in [0.3, 0.4) is 0 Å². The SMILES string of the molecule is CCNc1ncnc(Oc2cc(C)c(Cl)c(C)c2)c1C. The molecule has 0 aliphatic heterocycles. The van der Waals surface area contributed by atoms with Crippen molar-refractivity contribution in [1.29, 1.82) is 0 Å². The standard InChI is InChI=1S/C15H18ClN3O/c1-5-17-14-11(4)15(19-8-18-14)20-12-6-9(2)13(16)10(3)7-12/h6-8H,5H2,1-4H3,(H,17,18,19). The second kappa shape index (κ2) is 6.09. The molecule has 5 heteroatoms. The molecule has 2 rings (SSSR count). The first-order valence-corrected chi connectivity index (χ1v) is 6.90. The average Bonchev–Trinajstić information content (AvgIpc) is 2.41. The minimum atomic E-state index is 0.553. The molecule has 0 saturated carbocycles. The maximum absolute atomic E-state index is 6.16. The van der Waals surface area contributed by atoms with Gasteiger partial charge in [-0.2, -0.15) is 0 Å². The Balaban J connectivity index is 2.33. The topological polar surface area (TPSA) is 47.0 Å². The van der Waals surface area contributed by atoms with Gasteiger partial charge in [-0.05, 0) is 51.0 Å². The first-order chi connectivity index (χ1) is 9.52. The molecule has 1 N–H and O–H groups in total. The van der Waals surface area contributed by atoms with E-state index in [-0.39, 0.29) is 0 Å². The van der Waals surface area contributed by atoms with Crippen LogP contribution in [0.25, 0.3) is 0 Å². The maximum atomic E-state index is 6.16. The van der Waals surface area contributed by atoms with Crippen LogP contribution in [-0.2, 0) is 0 Å². The molecule has 0 aliphatic carbocycles. The van der Waals surface area contributed by atoms with Gasteiger partial charge in [0, 0.05) is 11.6 Å². The van der Waals surface area contributed by atoms with E-state index in [2.05, 4.69) is 15.3 Å². The van der Waals surface area contributed by atoms with Crippen LogP contribution < -0.4 is 10.1 Å². The Morgan fingerprint density at radius 1 is 1.15 bits per heavy atom. The Hall–Kier alpha value is -1.81. The molecule has 0 fully saturated rings. The van der Waals surface area contributed by atoms with E-state index in [9.17, 15) is 0 Å². The molecule has 20 heavy (non-hydrogen) atoms. The summed E-state index contributed by atoms with van der Waals surface area (Å²) in [7, 11) is 0. The zero-order valence-corrected chi connectivity index (χ0v) is 12.9. The lowest BCUT2D eigenvalue weighted by atomic mass is 10.1. The van der Waals surface area contributed by atoms with E-state index in [1.54, 1.807) is 0 Å². The van der Waals surface area contributed by atoms with Gasteiger partial charge in [0.05, 0.1) is 5.56 Å². The number of rotatable bonds is 4. The quantitative estimate of drug-likeness (QED) is 0.913. The highest BCUT2D eigenvalue weighted by atomic mass is 35.5. The minimum Gasteiger partial charge on any atom is -0.439 e. The van der Waals surface area contributed by atoms with Gasteiger partial charge >= 0.3 is 0 Å². The molecule has 0 aliphatic rings. The number of ether oxygens (including phenoxy) is 1. The van der Waals surface area contributed by atoms with Crippen LogP contribution in [0, 0.1) is 20.8 Å². The number of nitrogens with zero attached hydrogens (tertiary/aromatic N) is 2. The number of hydrogen-bond donors (Lipinski definition) is 1. The fraction of sp³-hybridized carbons (Fsp3) is 0.333. The minimum absolute atomic E-state index is 0.553. The van der Waals surface area contributed by atoms with Crippen LogP contribution in [-0.4, -0.2) is 16.5 Å². The molecule has 0 saturated heterocycles. The summed E-state index contributed by atoms with van der Waals surface area (Å²) in [5.41, 5.74) is 2.86. The summed E-state index contributed by atoms with van der Waals surface area (Å²) in [4.78, 5) is 8.39. The molecule has 1 aromatic carbocycles. The number of anilines is 1. The first kappa shape index (κ1) is 14.6. The Kier molecular flexibility index (Phi) is 4.45. The Labute approximate surface area is 124 Å². The largest absolute Gasteiger partial charge is 0.439 e. The molecule has 1 aromatic heterocycles. The summed E-state index contributed by atoms with van der Waals surface area (Å²) < 4.78 is 5.86. The van der Waals surface area contributed by atoms with Gasteiger partial charge in [0.25, 0.3) is 0 Å². The highest BCUT2D eigenvalue weighted by molar-refractivity contribution is 6.32. The van der Waals surface area contributed by atoms with Gasteiger partial charge in [0.15, 0.2) is 0 Å². The second-order valence-corrected chi connectivity index (χ2v) is 5.03. The Morgan fingerprint density at radius 3 is 2.40 bits per heavy atom. The van der Waals surface area contributed by atoms with E-state index in [1.165, 1.54) is 6.33 Å². The van der Waals surface area contributed by atoms with Crippen molar-refractivity contribution in [3.05, 3.63) is 40.2 Å². The van der Waals surface area contributed by atoms with Gasteiger partial charge in [-0.3, -0.25) is 0 Å². The van der Waals surface area contributed by atoms with Crippen LogP contribution in [0.1, 0.15) is 23.6 Å². The summed E-state index contributed by atoms with van der Waals surface area (Å²) in [6.45, 7) is 8.67. The number of hydrogen-bond acceptors (Lipinski definition) is 4. The molecule has 4 nitrogen and oxygen atoms in total. The summed E-state index contributed by atoms with van der Waals surface area (Å²) in [5.74, 6) is 2.07. The highest BCUT2D eigenvalue weighted by Gasteiger charge is 2.10. The van der Waals surface area contributed by atoms with Crippen molar-refractivity contribution in [2.45, 2.75) is 27.7 Å². The maximum Gasteiger partial charge on any atom is 0.227 e. The molecular formula is C15H18ClN3O. The van der Waals surface area contributed by atoms with Gasteiger partial charge in [-0.15, -0.1) is 0 Å². The van der Waals surface area contributed by atoms with E-state index in [0.29, 0.717) is 5.88 Å². The summed E-state index contributed by atoms with van der Waals surface area (Å²) >= 11 is 6.16. The van der Waals surface area contributed by atoms with Crippen molar-refractivity contribution in [1.82, 2.24) is 9.97 Å². The summed E-state index contributed by atoms with van der Waals surface area (Å²) in [6.07, 6.45) is 1.50. The second-order valence-electron chi connectivity index (χ2n) is 4.66. The lowest BCUT2D eigenvalue weighted by Crippen LogP contribution is -2.04. The lowest BCUT2D eigenvalue weighted by Gasteiger charge is -2.12. The Bertz CT molecular complexity index is 606. The van der Waals surface area contributed by atoms with Crippen LogP contribution in [0.4, 0.5) is 5.82 Å². The fourth-order valence-electron chi connectivity index (χ4n) is 1.96. The summed E-state index contributed by atoms with van der Waals surface area (Å²) in [5, 5.41) is 3.95. The number of aromatic nitrogens is 2. The van der Waals surface area contributed by atoms with Gasteiger partial charge in [-0.25, -0.2) is 9.97 Å². The molecule has 0 bridgehead atoms. The molecule has 0 amide bonds. The van der Waals surface area contributed by atoms with Crippen molar-refractivity contribution >= 4 is 17.4 Å². The number of aryl methyl sites for hydroxylation is 2. The monoisotopic (exact) mass is 291 g/mol. The van der Waals surface area contributed by atoms with E-state index >= 15 is 0 Å². The Morgan fingerprint density at radius 2 is 1.80 bits per heavy atom. The van der Waals surface area contributed by atoms with Crippen LogP contribution in [0.5, 0.6) is 11.6 Å². The smallest absolute Gasteiger partial charge is 0.227 e. The molecular weight excluding hydrogens is 274 g/mol. The van der Waals surface area contributed by atoms with Crippen molar-refractivity contribution in [3.63, 3.8) is 0 Å². The van der Waals surface area contributed by atoms with E-state index in [0.717, 1.165) is 39.8 Å². The number of nitrogens with one attached hydrogen (secondary N) is 1. The van der Waals surface area contributed by atoms with Gasteiger partial charge < -0.3 is 10.1 Å². The van der Waals surface area contributed by atoms with E-state index in [1.807, 2.05) is 39.8 Å². The third-order valence-corrected chi connectivity index (χ3v) is 3.60. The van der Waals surface area contributed by atoms with E-state index < -0.39 is 0 Å². The zero-order valence-electron chi connectivity index (χ0n) is 12.1. The van der Waals surface area contributed by atoms with Crippen molar-refractivity contribution < 1.29 is 4.74 Å². The van der Waals surface area contributed by atoms with Crippen LogP contribution in [0.15, 0.2) is 18.5 Å². The molecule has 2 aromatic rings. The van der Waals surface area contributed by atoms with Crippen molar-refractivity contribution in [2.75, 3.05) is 11.9 Å². The zero-order chi connectivity index (χ0) is 14.7. The molecule has 0 spiro atoms. The molecule has 0 atom stereocenters. The van der Waals surface area contributed by atoms with Crippen molar-refractivity contribution in [2.24, 2.45) is 0 Å². The predicted molar refractivity (Wildman–Crippen MR) is 81.9 cm³/mol. The van der Waals surface area contributed by atoms with Crippen molar-refractivity contribution in [3.8, 4) is 11.6 Å². The molecule has 1 heterocycles. The molecule has 106 valence electrons. The predicted octanol–water partition coefficient (Wildman–Crippen LogP) is 4.28. The van der Waals surface area contributed by atoms with Crippen LogP contribution in [0.2, 0.25) is 5.02 Å². The van der Waals surface area contributed by atoms with E-state index in [4.69, 9.17) is 16.3 Å². The van der Waals surface area contributed by atoms with Gasteiger partial charge in [-0.1, -0.05) is 11.6 Å². The molecule has 0 unspecified atom stereocenters. The highest BCUT2D eigenvalue weighted by Crippen LogP contribution is 2.30. The van der Waals surface area contributed by atoms with Gasteiger partial charge in [0.1, 0.15) is 17.9 Å². The number of benzene rings is 1.